The third kappa shape index (κ3) is 2.98. The second kappa shape index (κ2) is 5.10. The maximum absolute atomic E-state index is 13.3. The lowest BCUT2D eigenvalue weighted by Crippen LogP contribution is -2.29. The fourth-order valence-electron chi connectivity index (χ4n) is 2.48. The molecule has 0 amide bonds. The minimum absolute atomic E-state index is 0.146. The first-order valence-electron chi connectivity index (χ1n) is 5.90. The molecule has 18 heavy (non-hydrogen) atoms. The molecule has 1 aliphatic carbocycles. The smallest absolute Gasteiger partial charge is 0.248 e. The normalized spacial score (nSPS) is 24.8. The van der Waals surface area contributed by atoms with Crippen LogP contribution in [0.2, 0.25) is 5.02 Å². The Labute approximate surface area is 109 Å². The Bertz CT molecular complexity index is 436. The van der Waals surface area contributed by atoms with Gasteiger partial charge in [0.15, 0.2) is 0 Å². The van der Waals surface area contributed by atoms with Crippen LogP contribution in [-0.4, -0.2) is 11.0 Å². The molecule has 1 aromatic rings. The quantitative estimate of drug-likeness (QED) is 0.853. The molecule has 2 unspecified atom stereocenters. The van der Waals surface area contributed by atoms with E-state index in [0.717, 1.165) is 6.07 Å². The summed E-state index contributed by atoms with van der Waals surface area (Å²) >= 11 is 5.87. The number of rotatable bonds is 2. The van der Waals surface area contributed by atoms with Gasteiger partial charge in [0.05, 0.1) is 6.10 Å². The van der Waals surface area contributed by atoms with Crippen molar-refractivity contribution in [2.45, 2.75) is 37.7 Å². The molecule has 1 N–H and O–H groups in total. The van der Waals surface area contributed by atoms with Crippen LogP contribution >= 0.6 is 11.6 Å². The molecule has 2 rings (SSSR count). The Morgan fingerprint density at radius 2 is 2.11 bits per heavy atom. The van der Waals surface area contributed by atoms with Crippen LogP contribution in [0.15, 0.2) is 18.2 Å². The van der Waals surface area contributed by atoms with Gasteiger partial charge in [-0.25, -0.2) is 13.2 Å². The molecule has 0 aliphatic heterocycles. The van der Waals surface area contributed by atoms with Gasteiger partial charge < -0.3 is 5.11 Å². The van der Waals surface area contributed by atoms with Crippen LogP contribution < -0.4 is 0 Å². The molecule has 1 aromatic carbocycles. The molecular formula is C13H14ClF3O. The molecule has 2 atom stereocenters. The van der Waals surface area contributed by atoms with E-state index in [9.17, 15) is 18.3 Å². The molecule has 0 bridgehead atoms. The fraction of sp³-hybridized carbons (Fsp3) is 0.538. The zero-order valence-electron chi connectivity index (χ0n) is 9.67. The zero-order chi connectivity index (χ0) is 13.3. The van der Waals surface area contributed by atoms with Crippen molar-refractivity contribution in [1.29, 1.82) is 0 Å². The van der Waals surface area contributed by atoms with E-state index in [1.807, 2.05) is 0 Å². The summed E-state index contributed by atoms with van der Waals surface area (Å²) in [6.45, 7) is 0. The lowest BCUT2D eigenvalue weighted by atomic mass is 9.81. The van der Waals surface area contributed by atoms with Crippen molar-refractivity contribution in [1.82, 2.24) is 0 Å². The van der Waals surface area contributed by atoms with Crippen molar-refractivity contribution in [3.8, 4) is 0 Å². The van der Waals surface area contributed by atoms with Crippen molar-refractivity contribution in [3.63, 3.8) is 0 Å². The van der Waals surface area contributed by atoms with Gasteiger partial charge in [0, 0.05) is 23.4 Å². The van der Waals surface area contributed by atoms with Gasteiger partial charge in [-0.2, -0.15) is 0 Å². The van der Waals surface area contributed by atoms with Gasteiger partial charge in [-0.05, 0) is 37.0 Å². The summed E-state index contributed by atoms with van der Waals surface area (Å²) < 4.78 is 39.7. The van der Waals surface area contributed by atoms with Gasteiger partial charge in [0.1, 0.15) is 5.82 Å². The Morgan fingerprint density at radius 3 is 2.78 bits per heavy atom. The molecule has 0 saturated heterocycles. The monoisotopic (exact) mass is 278 g/mol. The molecule has 0 heterocycles. The standard InChI is InChI=1S/C13H14ClF3O/c14-11-4-3-9(15)6-10(11)12(18)8-2-1-5-13(16,17)7-8/h3-4,6,8,12,18H,1-2,5,7H2. The molecule has 1 fully saturated rings. The average molecular weight is 279 g/mol. The number of hydrogen-bond donors (Lipinski definition) is 1. The average Bonchev–Trinajstić information content (AvgIpc) is 2.30. The van der Waals surface area contributed by atoms with E-state index >= 15 is 0 Å². The maximum atomic E-state index is 13.3. The van der Waals surface area contributed by atoms with Gasteiger partial charge >= 0.3 is 0 Å². The van der Waals surface area contributed by atoms with E-state index in [1.165, 1.54) is 12.1 Å². The lowest BCUT2D eigenvalue weighted by Gasteiger charge is -2.32. The molecule has 100 valence electrons. The van der Waals surface area contributed by atoms with Crippen LogP contribution in [0.5, 0.6) is 0 Å². The number of aliphatic hydroxyl groups excluding tert-OH is 1. The van der Waals surface area contributed by atoms with Crippen molar-refractivity contribution in [3.05, 3.63) is 34.6 Å². The summed E-state index contributed by atoms with van der Waals surface area (Å²) in [5.74, 6) is -3.85. The van der Waals surface area contributed by atoms with Crippen LogP contribution in [0.3, 0.4) is 0 Å². The Morgan fingerprint density at radius 1 is 1.39 bits per heavy atom. The van der Waals surface area contributed by atoms with E-state index in [1.54, 1.807) is 0 Å². The highest BCUT2D eigenvalue weighted by molar-refractivity contribution is 6.31. The van der Waals surface area contributed by atoms with E-state index in [4.69, 9.17) is 11.6 Å². The molecule has 1 nitrogen and oxygen atoms in total. The van der Waals surface area contributed by atoms with Crippen LogP contribution in [0.4, 0.5) is 13.2 Å². The summed E-state index contributed by atoms with van der Waals surface area (Å²) in [7, 11) is 0. The highest BCUT2D eigenvalue weighted by Gasteiger charge is 2.39. The van der Waals surface area contributed by atoms with Gasteiger partial charge in [-0.1, -0.05) is 11.6 Å². The summed E-state index contributed by atoms with van der Waals surface area (Å²) in [6, 6.07) is 3.62. The second-order valence-electron chi connectivity index (χ2n) is 4.82. The van der Waals surface area contributed by atoms with Crippen molar-refractivity contribution in [2.75, 3.05) is 0 Å². The van der Waals surface area contributed by atoms with Crippen molar-refractivity contribution >= 4 is 11.6 Å². The summed E-state index contributed by atoms with van der Waals surface area (Å²) in [5.41, 5.74) is 0.194. The van der Waals surface area contributed by atoms with E-state index in [0.29, 0.717) is 12.8 Å². The van der Waals surface area contributed by atoms with Crippen LogP contribution in [-0.2, 0) is 0 Å². The number of aliphatic hydroxyl groups is 1. The predicted molar refractivity (Wildman–Crippen MR) is 63.3 cm³/mol. The third-order valence-corrected chi connectivity index (χ3v) is 3.75. The van der Waals surface area contributed by atoms with Crippen LogP contribution in [0.25, 0.3) is 0 Å². The van der Waals surface area contributed by atoms with E-state index in [-0.39, 0.29) is 23.4 Å². The molecule has 1 saturated carbocycles. The molecule has 1 aliphatic rings. The number of hydrogen-bond acceptors (Lipinski definition) is 1. The fourth-order valence-corrected chi connectivity index (χ4v) is 2.70. The van der Waals surface area contributed by atoms with Gasteiger partial charge in [0.2, 0.25) is 5.92 Å². The number of alkyl halides is 2. The number of benzene rings is 1. The topological polar surface area (TPSA) is 20.2 Å². The Kier molecular flexibility index (Phi) is 3.87. The van der Waals surface area contributed by atoms with Crippen molar-refractivity contribution < 1.29 is 18.3 Å². The molecule has 0 radical (unpaired) electrons. The van der Waals surface area contributed by atoms with E-state index < -0.39 is 23.8 Å². The van der Waals surface area contributed by atoms with Crippen LogP contribution in [0, 0.1) is 11.7 Å². The SMILES string of the molecule is OC(c1cc(F)ccc1Cl)C1CCCC(F)(F)C1. The summed E-state index contributed by atoms with van der Waals surface area (Å²) in [6.07, 6.45) is -0.793. The van der Waals surface area contributed by atoms with Crippen LogP contribution in [0.1, 0.15) is 37.4 Å². The minimum Gasteiger partial charge on any atom is -0.388 e. The zero-order valence-corrected chi connectivity index (χ0v) is 10.4. The van der Waals surface area contributed by atoms with E-state index in [2.05, 4.69) is 0 Å². The predicted octanol–water partition coefficient (Wildman–Crippen LogP) is 4.34. The van der Waals surface area contributed by atoms with Gasteiger partial charge in [-0.15, -0.1) is 0 Å². The first kappa shape index (κ1) is 13.7. The molecule has 5 heteroatoms. The highest BCUT2D eigenvalue weighted by Crippen LogP contribution is 2.43. The third-order valence-electron chi connectivity index (χ3n) is 3.40. The Hall–Kier alpha value is -0.740. The van der Waals surface area contributed by atoms with Gasteiger partial charge in [0.25, 0.3) is 0 Å². The van der Waals surface area contributed by atoms with Crippen molar-refractivity contribution in [2.24, 2.45) is 5.92 Å². The second-order valence-corrected chi connectivity index (χ2v) is 5.23. The summed E-state index contributed by atoms with van der Waals surface area (Å²) in [5, 5.41) is 10.3. The first-order valence-corrected chi connectivity index (χ1v) is 6.28. The molecular weight excluding hydrogens is 265 g/mol. The summed E-state index contributed by atoms with van der Waals surface area (Å²) in [4.78, 5) is 0. The largest absolute Gasteiger partial charge is 0.388 e. The van der Waals surface area contributed by atoms with Gasteiger partial charge in [-0.3, -0.25) is 0 Å². The lowest BCUT2D eigenvalue weighted by molar-refractivity contribution is -0.0761. The molecule has 0 aromatic heterocycles. The Balaban J connectivity index is 2.20. The number of halogens is 4. The first-order chi connectivity index (χ1) is 8.39. The highest BCUT2D eigenvalue weighted by atomic mass is 35.5. The minimum atomic E-state index is -2.75. The maximum Gasteiger partial charge on any atom is 0.248 e. The molecule has 0 spiro atoms.